The lowest BCUT2D eigenvalue weighted by Crippen LogP contribution is -2.40. The van der Waals surface area contributed by atoms with Gasteiger partial charge in [-0.15, -0.1) is 0 Å². The molecule has 0 spiro atoms. The first-order valence-electron chi connectivity index (χ1n) is 6.92. The smallest absolute Gasteiger partial charge is 0.228 e. The number of aliphatic hydroxyl groups excluding tert-OH is 1. The Morgan fingerprint density at radius 1 is 1.50 bits per heavy atom. The molecule has 1 aromatic heterocycles. The molecule has 0 amide bonds. The Bertz CT molecular complexity index is 365. The van der Waals surface area contributed by atoms with Gasteiger partial charge in [0.1, 0.15) is 0 Å². The van der Waals surface area contributed by atoms with Crippen molar-refractivity contribution in [1.82, 2.24) is 15.0 Å². The van der Waals surface area contributed by atoms with Crippen LogP contribution in [-0.2, 0) is 12.8 Å². The second kappa shape index (κ2) is 6.29. The molecule has 18 heavy (non-hydrogen) atoms. The van der Waals surface area contributed by atoms with Crippen LogP contribution in [0, 0.1) is 0 Å². The summed E-state index contributed by atoms with van der Waals surface area (Å²) in [7, 11) is 0. The zero-order valence-electron chi connectivity index (χ0n) is 11.3. The van der Waals surface area contributed by atoms with Crippen molar-refractivity contribution >= 4 is 0 Å². The van der Waals surface area contributed by atoms with Crippen LogP contribution in [0.5, 0.6) is 0 Å². The summed E-state index contributed by atoms with van der Waals surface area (Å²) in [5, 5.41) is 13.2. The molecule has 2 atom stereocenters. The summed E-state index contributed by atoms with van der Waals surface area (Å²) in [6, 6.07) is 0.531. The second-order valence-corrected chi connectivity index (χ2v) is 5.14. The zero-order chi connectivity index (χ0) is 13.0. The van der Waals surface area contributed by atoms with Gasteiger partial charge in [0.15, 0.2) is 5.82 Å². The summed E-state index contributed by atoms with van der Waals surface area (Å²) in [6.07, 6.45) is 4.67. The Hall–Kier alpha value is -0.940. The van der Waals surface area contributed by atoms with Crippen LogP contribution >= 0.6 is 0 Å². The first-order chi connectivity index (χ1) is 8.69. The number of rotatable bonds is 5. The lowest BCUT2D eigenvalue weighted by atomic mass is 9.99. The van der Waals surface area contributed by atoms with Crippen LogP contribution in [0.3, 0.4) is 0 Å². The molecule has 0 radical (unpaired) electrons. The molecule has 5 nitrogen and oxygen atoms in total. The van der Waals surface area contributed by atoms with Crippen molar-refractivity contribution in [3.8, 4) is 0 Å². The highest BCUT2D eigenvalue weighted by molar-refractivity contribution is 4.92. The molecule has 1 saturated heterocycles. The van der Waals surface area contributed by atoms with Gasteiger partial charge in [-0.2, -0.15) is 4.98 Å². The fourth-order valence-electron chi connectivity index (χ4n) is 2.63. The SMILES string of the molecule is CCN1CCCCC1Cc1nc(CC(C)O)no1. The van der Waals surface area contributed by atoms with E-state index in [1.165, 1.54) is 25.8 Å². The van der Waals surface area contributed by atoms with E-state index in [0.717, 1.165) is 13.0 Å². The van der Waals surface area contributed by atoms with Crippen LogP contribution in [0.2, 0.25) is 0 Å². The number of likely N-dealkylation sites (tertiary alicyclic amines) is 1. The van der Waals surface area contributed by atoms with Gasteiger partial charge >= 0.3 is 0 Å². The van der Waals surface area contributed by atoms with Crippen LogP contribution in [0.25, 0.3) is 0 Å². The van der Waals surface area contributed by atoms with Crippen LogP contribution < -0.4 is 0 Å². The van der Waals surface area contributed by atoms with E-state index in [-0.39, 0.29) is 0 Å². The van der Waals surface area contributed by atoms with Crippen molar-refractivity contribution in [2.75, 3.05) is 13.1 Å². The lowest BCUT2D eigenvalue weighted by Gasteiger charge is -2.33. The van der Waals surface area contributed by atoms with Crippen molar-refractivity contribution in [1.29, 1.82) is 0 Å². The Morgan fingerprint density at radius 2 is 2.33 bits per heavy atom. The molecule has 1 aliphatic heterocycles. The maximum atomic E-state index is 9.29. The molecule has 102 valence electrons. The summed E-state index contributed by atoms with van der Waals surface area (Å²) in [4.78, 5) is 6.84. The monoisotopic (exact) mass is 253 g/mol. The molecular weight excluding hydrogens is 230 g/mol. The molecule has 5 heteroatoms. The Kier molecular flexibility index (Phi) is 4.72. The maximum absolute atomic E-state index is 9.29. The van der Waals surface area contributed by atoms with Crippen molar-refractivity contribution in [3.63, 3.8) is 0 Å². The fraction of sp³-hybridized carbons (Fsp3) is 0.846. The topological polar surface area (TPSA) is 62.4 Å². The summed E-state index contributed by atoms with van der Waals surface area (Å²) in [5.41, 5.74) is 0. The van der Waals surface area contributed by atoms with Gasteiger partial charge in [0, 0.05) is 18.9 Å². The van der Waals surface area contributed by atoms with Crippen LogP contribution in [0.4, 0.5) is 0 Å². The molecule has 1 N–H and O–H groups in total. The number of piperidine rings is 1. The van der Waals surface area contributed by atoms with E-state index < -0.39 is 6.10 Å². The molecule has 1 aliphatic rings. The van der Waals surface area contributed by atoms with Gasteiger partial charge in [-0.25, -0.2) is 0 Å². The van der Waals surface area contributed by atoms with E-state index in [4.69, 9.17) is 4.52 Å². The molecule has 1 fully saturated rings. The number of hydrogen-bond donors (Lipinski definition) is 1. The second-order valence-electron chi connectivity index (χ2n) is 5.14. The minimum atomic E-state index is -0.419. The van der Waals surface area contributed by atoms with E-state index >= 15 is 0 Å². The highest BCUT2D eigenvalue weighted by atomic mass is 16.5. The van der Waals surface area contributed by atoms with E-state index in [1.54, 1.807) is 6.92 Å². The van der Waals surface area contributed by atoms with E-state index in [0.29, 0.717) is 24.2 Å². The minimum absolute atomic E-state index is 0.419. The predicted octanol–water partition coefficient (Wildman–Crippen LogP) is 1.41. The summed E-state index contributed by atoms with van der Waals surface area (Å²) in [6.45, 7) is 6.19. The zero-order valence-corrected chi connectivity index (χ0v) is 11.3. The number of likely N-dealkylation sites (N-methyl/N-ethyl adjacent to an activating group) is 1. The summed E-state index contributed by atoms with van der Waals surface area (Å²) < 4.78 is 5.26. The predicted molar refractivity (Wildman–Crippen MR) is 68.3 cm³/mol. The number of aromatic nitrogens is 2. The van der Waals surface area contributed by atoms with Gasteiger partial charge in [-0.3, -0.25) is 0 Å². The first kappa shape index (κ1) is 13.5. The van der Waals surface area contributed by atoms with Gasteiger partial charge in [0.25, 0.3) is 0 Å². The minimum Gasteiger partial charge on any atom is -0.393 e. The molecule has 0 saturated carbocycles. The lowest BCUT2D eigenvalue weighted by molar-refractivity contribution is 0.146. The molecule has 0 bridgehead atoms. The average molecular weight is 253 g/mol. The third kappa shape index (κ3) is 3.53. The van der Waals surface area contributed by atoms with Gasteiger partial charge < -0.3 is 14.5 Å². The number of aliphatic hydroxyl groups is 1. The summed E-state index contributed by atoms with van der Waals surface area (Å²) in [5.74, 6) is 1.31. The van der Waals surface area contributed by atoms with Crippen molar-refractivity contribution in [2.24, 2.45) is 0 Å². The normalized spacial score (nSPS) is 23.2. The first-order valence-corrected chi connectivity index (χ1v) is 6.92. The van der Waals surface area contributed by atoms with Crippen LogP contribution in [0.15, 0.2) is 4.52 Å². The Balaban J connectivity index is 1.93. The largest absolute Gasteiger partial charge is 0.393 e. The summed E-state index contributed by atoms with van der Waals surface area (Å²) >= 11 is 0. The van der Waals surface area contributed by atoms with Crippen molar-refractivity contribution < 1.29 is 9.63 Å². The molecule has 2 unspecified atom stereocenters. The number of hydrogen-bond acceptors (Lipinski definition) is 5. The van der Waals surface area contributed by atoms with E-state index in [2.05, 4.69) is 22.0 Å². The molecular formula is C13H23N3O2. The van der Waals surface area contributed by atoms with Gasteiger partial charge in [-0.05, 0) is 32.9 Å². The third-order valence-corrected chi connectivity index (χ3v) is 3.55. The van der Waals surface area contributed by atoms with E-state index in [9.17, 15) is 5.11 Å². The molecule has 0 aromatic carbocycles. The van der Waals surface area contributed by atoms with Crippen molar-refractivity contribution in [2.45, 2.75) is 58.1 Å². The van der Waals surface area contributed by atoms with Crippen LogP contribution in [-0.4, -0.2) is 45.4 Å². The highest BCUT2D eigenvalue weighted by Crippen LogP contribution is 2.19. The average Bonchev–Trinajstić information content (AvgIpc) is 2.76. The Labute approximate surface area is 108 Å². The molecule has 0 aliphatic carbocycles. The molecule has 2 heterocycles. The van der Waals surface area contributed by atoms with E-state index in [1.807, 2.05) is 0 Å². The van der Waals surface area contributed by atoms with Gasteiger partial charge in [-0.1, -0.05) is 18.5 Å². The third-order valence-electron chi connectivity index (χ3n) is 3.55. The quantitative estimate of drug-likeness (QED) is 0.859. The molecule has 2 rings (SSSR count). The highest BCUT2D eigenvalue weighted by Gasteiger charge is 2.23. The van der Waals surface area contributed by atoms with Gasteiger partial charge in [0.05, 0.1) is 6.10 Å². The van der Waals surface area contributed by atoms with Gasteiger partial charge in [0.2, 0.25) is 5.89 Å². The molecule has 1 aromatic rings. The standard InChI is InChI=1S/C13H23N3O2/c1-3-16-7-5-4-6-11(16)9-13-14-12(15-18-13)8-10(2)17/h10-11,17H,3-9H2,1-2H3. The fourth-order valence-corrected chi connectivity index (χ4v) is 2.63. The maximum Gasteiger partial charge on any atom is 0.228 e. The Morgan fingerprint density at radius 3 is 3.06 bits per heavy atom. The van der Waals surface area contributed by atoms with Crippen molar-refractivity contribution in [3.05, 3.63) is 11.7 Å². The van der Waals surface area contributed by atoms with Crippen LogP contribution in [0.1, 0.15) is 44.8 Å². The number of nitrogens with zero attached hydrogens (tertiary/aromatic N) is 3.